The maximum Gasteiger partial charge on any atom is 0.338 e. The number of benzene rings is 2. The summed E-state index contributed by atoms with van der Waals surface area (Å²) in [7, 11) is 0. The van der Waals surface area contributed by atoms with Crippen LogP contribution in [-0.2, 0) is 17.8 Å². The van der Waals surface area contributed by atoms with Gasteiger partial charge in [-0.05, 0) is 48.0 Å². The van der Waals surface area contributed by atoms with Crippen LogP contribution in [0.2, 0.25) is 15.1 Å². The van der Waals surface area contributed by atoms with Gasteiger partial charge in [0.2, 0.25) is 5.91 Å². The van der Waals surface area contributed by atoms with E-state index in [1.807, 2.05) is 0 Å². The Labute approximate surface area is 203 Å². The van der Waals surface area contributed by atoms with Crippen molar-refractivity contribution >= 4 is 58.3 Å². The van der Waals surface area contributed by atoms with Gasteiger partial charge in [0.25, 0.3) is 5.91 Å². The average molecular weight is 505 g/mol. The molecular weight excluding hydrogens is 489 g/mol. The van der Waals surface area contributed by atoms with Crippen molar-refractivity contribution in [3.05, 3.63) is 92.2 Å². The normalized spacial score (nSPS) is 15.6. The molecule has 4 rings (SSSR count). The van der Waals surface area contributed by atoms with E-state index in [-0.39, 0.29) is 34.1 Å². The summed E-state index contributed by atoms with van der Waals surface area (Å²) in [5.74, 6) is -2.08. The summed E-state index contributed by atoms with van der Waals surface area (Å²) in [6.45, 7) is -0.0365. The summed E-state index contributed by atoms with van der Waals surface area (Å²) in [4.78, 5) is 43.8. The third-order valence-electron chi connectivity index (χ3n) is 5.21. The predicted molar refractivity (Wildman–Crippen MR) is 125 cm³/mol. The van der Waals surface area contributed by atoms with Crippen LogP contribution in [0.25, 0.3) is 0 Å². The van der Waals surface area contributed by atoms with Gasteiger partial charge in [-0.3, -0.25) is 14.6 Å². The van der Waals surface area contributed by atoms with Crippen LogP contribution in [0.3, 0.4) is 0 Å². The Kier molecular flexibility index (Phi) is 6.56. The molecule has 10 heteroatoms. The number of pyridine rings is 1. The first-order chi connectivity index (χ1) is 15.7. The van der Waals surface area contributed by atoms with Crippen LogP contribution < -0.4 is 5.32 Å². The number of nitrogens with one attached hydrogen (secondary N) is 1. The van der Waals surface area contributed by atoms with E-state index >= 15 is 0 Å². The Hall–Kier alpha value is -3.13. The van der Waals surface area contributed by atoms with Crippen LogP contribution in [0.4, 0.5) is 5.69 Å². The number of halogens is 3. The van der Waals surface area contributed by atoms with E-state index < -0.39 is 23.8 Å². The topological polar surface area (TPSA) is 99.6 Å². The molecule has 0 fully saturated rings. The minimum absolute atomic E-state index is 0.0365. The molecule has 2 N–H and O–H groups in total. The van der Waals surface area contributed by atoms with Gasteiger partial charge in [0.1, 0.15) is 6.04 Å². The number of anilines is 1. The molecular formula is C23H16Cl3N3O4. The Balaban J connectivity index is 1.78. The molecule has 1 aromatic heterocycles. The molecule has 7 nitrogen and oxygen atoms in total. The Morgan fingerprint density at radius 1 is 1.06 bits per heavy atom. The number of aromatic carboxylic acids is 1. The number of nitrogens with zero attached hydrogens (tertiary/aromatic N) is 2. The second-order valence-electron chi connectivity index (χ2n) is 7.39. The second kappa shape index (κ2) is 9.39. The maximum absolute atomic E-state index is 13.6. The van der Waals surface area contributed by atoms with Gasteiger partial charge in [0.05, 0.1) is 26.9 Å². The summed E-state index contributed by atoms with van der Waals surface area (Å²) in [6, 6.07) is 11.9. The van der Waals surface area contributed by atoms with Crippen molar-refractivity contribution in [3.63, 3.8) is 0 Å². The number of amides is 2. The number of rotatable bonds is 5. The summed E-state index contributed by atoms with van der Waals surface area (Å²) in [6.07, 6.45) is 1.77. The number of fused-ring (bicyclic) bond motifs is 1. The van der Waals surface area contributed by atoms with E-state index in [4.69, 9.17) is 34.8 Å². The van der Waals surface area contributed by atoms with Gasteiger partial charge >= 0.3 is 5.97 Å². The smallest absolute Gasteiger partial charge is 0.338 e. The molecule has 0 saturated heterocycles. The first-order valence-corrected chi connectivity index (χ1v) is 10.9. The number of carbonyl (C=O) groups is 3. The van der Waals surface area contributed by atoms with Crippen LogP contribution in [0.15, 0.2) is 54.7 Å². The van der Waals surface area contributed by atoms with Gasteiger partial charge in [-0.2, -0.15) is 0 Å². The van der Waals surface area contributed by atoms with Crippen molar-refractivity contribution in [3.8, 4) is 0 Å². The van der Waals surface area contributed by atoms with Crippen molar-refractivity contribution in [2.75, 3.05) is 5.32 Å². The van der Waals surface area contributed by atoms with Gasteiger partial charge in [-0.1, -0.05) is 40.9 Å². The molecule has 1 unspecified atom stereocenters. The van der Waals surface area contributed by atoms with Crippen molar-refractivity contribution in [2.45, 2.75) is 19.0 Å². The number of hydrogen-bond donors (Lipinski definition) is 2. The van der Waals surface area contributed by atoms with E-state index in [1.54, 1.807) is 36.5 Å². The second-order valence-corrected chi connectivity index (χ2v) is 8.64. The van der Waals surface area contributed by atoms with Crippen LogP contribution >= 0.6 is 34.8 Å². The standard InChI is InChI=1S/C23H16Cl3N3O4/c24-13-4-5-15-18(9-13)28-21(30)19(10-14-3-1-2-6-27-14)29(22(15)31)11-12-7-16(25)20(23(32)33)17(26)8-12/h1-9,19H,10-11H2,(H,28,30)(H,32,33). The fourth-order valence-corrected chi connectivity index (χ4v) is 4.55. The lowest BCUT2D eigenvalue weighted by molar-refractivity contribution is -0.120. The molecule has 33 heavy (non-hydrogen) atoms. The molecule has 2 amide bonds. The minimum Gasteiger partial charge on any atom is -0.478 e. The van der Waals surface area contributed by atoms with Crippen molar-refractivity contribution in [2.24, 2.45) is 0 Å². The lowest BCUT2D eigenvalue weighted by Gasteiger charge is -2.29. The number of aromatic nitrogens is 1. The van der Waals surface area contributed by atoms with Crippen LogP contribution in [0.5, 0.6) is 0 Å². The van der Waals surface area contributed by atoms with Gasteiger partial charge in [0, 0.05) is 29.9 Å². The van der Waals surface area contributed by atoms with Gasteiger partial charge in [-0.15, -0.1) is 0 Å². The highest BCUT2D eigenvalue weighted by Crippen LogP contribution is 2.31. The fraction of sp³-hybridized carbons (Fsp3) is 0.130. The SMILES string of the molecule is O=C(O)c1c(Cl)cc(CN2C(=O)c3ccc(Cl)cc3NC(=O)C2Cc2ccccn2)cc1Cl. The Morgan fingerprint density at radius 2 is 1.79 bits per heavy atom. The van der Waals surface area contributed by atoms with Crippen LogP contribution in [0, 0.1) is 0 Å². The van der Waals surface area contributed by atoms with Crippen LogP contribution in [-0.4, -0.2) is 38.8 Å². The zero-order valence-corrected chi connectivity index (χ0v) is 19.2. The largest absolute Gasteiger partial charge is 0.478 e. The average Bonchev–Trinajstić information content (AvgIpc) is 2.83. The zero-order chi connectivity index (χ0) is 23.7. The molecule has 168 valence electrons. The van der Waals surface area contributed by atoms with Crippen LogP contribution in [0.1, 0.15) is 32.0 Å². The fourth-order valence-electron chi connectivity index (χ4n) is 3.68. The monoisotopic (exact) mass is 503 g/mol. The molecule has 0 spiro atoms. The van der Waals surface area contributed by atoms with Crippen molar-refractivity contribution in [1.29, 1.82) is 0 Å². The third-order valence-corrected chi connectivity index (χ3v) is 6.04. The summed E-state index contributed by atoms with van der Waals surface area (Å²) < 4.78 is 0. The molecule has 0 radical (unpaired) electrons. The van der Waals surface area contributed by atoms with Gasteiger partial charge in [-0.25, -0.2) is 4.79 Å². The molecule has 2 aromatic carbocycles. The van der Waals surface area contributed by atoms with E-state index in [0.29, 0.717) is 22.0 Å². The third kappa shape index (κ3) is 4.80. The summed E-state index contributed by atoms with van der Waals surface area (Å²) >= 11 is 18.3. The lowest BCUT2D eigenvalue weighted by Crippen LogP contribution is -2.46. The van der Waals surface area contributed by atoms with Gasteiger partial charge in [0.15, 0.2) is 0 Å². The molecule has 1 aliphatic rings. The summed E-state index contributed by atoms with van der Waals surface area (Å²) in [5, 5.41) is 12.3. The molecule has 0 aliphatic carbocycles. The number of carbonyl (C=O) groups excluding carboxylic acids is 2. The van der Waals surface area contributed by atoms with Crippen molar-refractivity contribution < 1.29 is 19.5 Å². The Morgan fingerprint density at radius 3 is 2.42 bits per heavy atom. The van der Waals surface area contributed by atoms with E-state index in [1.165, 1.54) is 23.1 Å². The first-order valence-electron chi connectivity index (χ1n) is 9.77. The quantitative estimate of drug-likeness (QED) is 0.512. The van der Waals surface area contributed by atoms with E-state index in [0.717, 1.165) is 0 Å². The number of hydrogen-bond acceptors (Lipinski definition) is 4. The Bertz CT molecular complexity index is 1240. The molecule has 2 heterocycles. The molecule has 3 aromatic rings. The first kappa shape index (κ1) is 23.0. The highest BCUT2D eigenvalue weighted by Gasteiger charge is 2.36. The van der Waals surface area contributed by atoms with Gasteiger partial charge < -0.3 is 15.3 Å². The maximum atomic E-state index is 13.6. The summed E-state index contributed by atoms with van der Waals surface area (Å²) in [5.41, 5.74) is 1.45. The molecule has 1 aliphatic heterocycles. The number of carboxylic acids is 1. The molecule has 0 saturated carbocycles. The molecule has 1 atom stereocenters. The highest BCUT2D eigenvalue weighted by molar-refractivity contribution is 6.39. The lowest BCUT2D eigenvalue weighted by atomic mass is 10.0. The predicted octanol–water partition coefficient (Wildman–Crippen LogP) is 4.95. The molecule has 0 bridgehead atoms. The van der Waals surface area contributed by atoms with E-state index in [9.17, 15) is 19.5 Å². The number of carboxylic acid groups (broad SMARTS) is 1. The van der Waals surface area contributed by atoms with Crippen molar-refractivity contribution in [1.82, 2.24) is 9.88 Å². The van der Waals surface area contributed by atoms with E-state index in [2.05, 4.69) is 10.3 Å². The minimum atomic E-state index is -1.26. The highest BCUT2D eigenvalue weighted by atomic mass is 35.5. The zero-order valence-electron chi connectivity index (χ0n) is 16.9.